The van der Waals surface area contributed by atoms with E-state index in [-0.39, 0.29) is 6.09 Å². The number of hydrogen-bond acceptors (Lipinski definition) is 5. The molecule has 1 aliphatic carbocycles. The maximum absolute atomic E-state index is 12.2. The Morgan fingerprint density at radius 1 is 1.32 bits per heavy atom. The van der Waals surface area contributed by atoms with E-state index in [1.165, 1.54) is 19.3 Å². The van der Waals surface area contributed by atoms with Gasteiger partial charge in [-0.25, -0.2) is 9.78 Å². The molecule has 28 heavy (non-hydrogen) atoms. The highest BCUT2D eigenvalue weighted by Gasteiger charge is 2.46. The molecule has 1 aromatic rings. The lowest BCUT2D eigenvalue weighted by Gasteiger charge is -2.52. The third kappa shape index (κ3) is 5.37. The number of likely N-dealkylation sites (tertiary alicyclic amines) is 1. The molecule has 1 spiro atoms. The van der Waals surface area contributed by atoms with Crippen molar-refractivity contribution in [1.82, 2.24) is 9.88 Å². The molecular weight excluding hydrogens is 354 g/mol. The molecule has 2 aliphatic rings. The lowest BCUT2D eigenvalue weighted by molar-refractivity contribution is -0.0300. The van der Waals surface area contributed by atoms with Crippen LogP contribution in [0.2, 0.25) is 0 Å². The highest BCUT2D eigenvalue weighted by molar-refractivity contribution is 5.68. The van der Waals surface area contributed by atoms with Crippen molar-refractivity contribution in [1.29, 1.82) is 5.26 Å². The van der Waals surface area contributed by atoms with E-state index in [2.05, 4.69) is 4.98 Å². The van der Waals surface area contributed by atoms with Gasteiger partial charge in [0, 0.05) is 13.1 Å². The van der Waals surface area contributed by atoms with Gasteiger partial charge in [-0.1, -0.05) is 0 Å². The number of carbonyl (C=O) groups is 1. The molecule has 0 radical (unpaired) electrons. The van der Waals surface area contributed by atoms with Crippen LogP contribution in [0.4, 0.5) is 4.79 Å². The number of nitriles is 1. The fourth-order valence-corrected chi connectivity index (χ4v) is 4.36. The quantitative estimate of drug-likeness (QED) is 0.696. The highest BCUT2D eigenvalue weighted by atomic mass is 16.6. The third-order valence-electron chi connectivity index (χ3n) is 5.80. The van der Waals surface area contributed by atoms with Crippen LogP contribution in [0.15, 0.2) is 18.3 Å². The van der Waals surface area contributed by atoms with Gasteiger partial charge in [0.15, 0.2) is 0 Å². The SMILES string of the molecule is CC(C)(C)OC(=O)N1CCC2(CC1)CC(CCCOc1ccc(C#N)nc1)C2. The second kappa shape index (κ2) is 8.38. The van der Waals surface area contributed by atoms with Gasteiger partial charge in [0.25, 0.3) is 0 Å². The summed E-state index contributed by atoms with van der Waals surface area (Å²) >= 11 is 0. The number of rotatable bonds is 5. The van der Waals surface area contributed by atoms with Gasteiger partial charge in [-0.15, -0.1) is 0 Å². The smallest absolute Gasteiger partial charge is 0.410 e. The Balaban J connectivity index is 1.31. The van der Waals surface area contributed by atoms with Crippen molar-refractivity contribution in [3.63, 3.8) is 0 Å². The van der Waals surface area contributed by atoms with Crippen LogP contribution in [0, 0.1) is 22.7 Å². The first kappa shape index (κ1) is 20.4. The number of carbonyl (C=O) groups excluding carboxylic acids is 1. The maximum atomic E-state index is 12.2. The molecule has 1 saturated carbocycles. The zero-order valence-electron chi connectivity index (χ0n) is 17.2. The van der Waals surface area contributed by atoms with E-state index in [9.17, 15) is 4.79 Å². The predicted molar refractivity (Wildman–Crippen MR) is 106 cm³/mol. The standard InChI is InChI=1S/C22H31N3O3/c1-21(2,3)28-20(26)25-10-8-22(9-11-25)13-17(14-22)5-4-12-27-19-7-6-18(15-23)24-16-19/h6-7,16-17H,4-5,8-14H2,1-3H3. The van der Waals surface area contributed by atoms with Gasteiger partial charge in [-0.2, -0.15) is 5.26 Å². The van der Waals surface area contributed by atoms with Gasteiger partial charge >= 0.3 is 6.09 Å². The molecule has 1 aromatic heterocycles. The molecule has 2 fully saturated rings. The van der Waals surface area contributed by atoms with Crippen molar-refractivity contribution in [2.45, 2.75) is 64.9 Å². The van der Waals surface area contributed by atoms with Gasteiger partial charge in [-0.3, -0.25) is 0 Å². The van der Waals surface area contributed by atoms with Crippen molar-refractivity contribution < 1.29 is 14.3 Å². The van der Waals surface area contributed by atoms with Gasteiger partial charge in [0.2, 0.25) is 0 Å². The number of amides is 1. The van der Waals surface area contributed by atoms with Gasteiger partial charge in [0.05, 0.1) is 12.8 Å². The first-order chi connectivity index (χ1) is 13.3. The molecule has 0 aromatic carbocycles. The van der Waals surface area contributed by atoms with E-state index in [0.717, 1.165) is 44.0 Å². The van der Waals surface area contributed by atoms with Crippen LogP contribution in [0.1, 0.15) is 65.0 Å². The van der Waals surface area contributed by atoms with Gasteiger partial charge in [0.1, 0.15) is 23.1 Å². The van der Waals surface area contributed by atoms with Crippen molar-refractivity contribution in [2.24, 2.45) is 11.3 Å². The summed E-state index contributed by atoms with van der Waals surface area (Å²) in [6.07, 6.45) is 8.38. The zero-order valence-corrected chi connectivity index (χ0v) is 17.2. The van der Waals surface area contributed by atoms with E-state index in [1.54, 1.807) is 18.3 Å². The molecule has 0 atom stereocenters. The number of ether oxygens (including phenoxy) is 2. The lowest BCUT2D eigenvalue weighted by atomic mass is 9.56. The predicted octanol–water partition coefficient (Wildman–Crippen LogP) is 4.54. The van der Waals surface area contributed by atoms with Gasteiger partial charge < -0.3 is 14.4 Å². The Hall–Kier alpha value is -2.29. The summed E-state index contributed by atoms with van der Waals surface area (Å²) in [7, 11) is 0. The number of hydrogen-bond donors (Lipinski definition) is 0. The minimum atomic E-state index is -0.427. The average molecular weight is 386 g/mol. The summed E-state index contributed by atoms with van der Waals surface area (Å²) in [6, 6.07) is 5.47. The first-order valence-corrected chi connectivity index (χ1v) is 10.3. The van der Waals surface area contributed by atoms with Crippen molar-refractivity contribution in [2.75, 3.05) is 19.7 Å². The van der Waals surface area contributed by atoms with Crippen molar-refractivity contribution >= 4 is 6.09 Å². The van der Waals surface area contributed by atoms with Crippen LogP contribution < -0.4 is 4.74 Å². The molecule has 0 N–H and O–H groups in total. The zero-order chi connectivity index (χ0) is 20.2. The van der Waals surface area contributed by atoms with Crippen LogP contribution in [0.5, 0.6) is 5.75 Å². The highest BCUT2D eigenvalue weighted by Crippen LogP contribution is 2.54. The largest absolute Gasteiger partial charge is 0.492 e. The summed E-state index contributed by atoms with van der Waals surface area (Å²) in [6.45, 7) is 8.05. The fraction of sp³-hybridized carbons (Fsp3) is 0.682. The van der Waals surface area contributed by atoms with Crippen LogP contribution in [0.25, 0.3) is 0 Å². The normalized spacial score (nSPS) is 19.0. The van der Waals surface area contributed by atoms with Crippen molar-refractivity contribution in [3.8, 4) is 11.8 Å². The lowest BCUT2D eigenvalue weighted by Crippen LogP contribution is -2.49. The second-order valence-electron chi connectivity index (χ2n) is 9.22. The third-order valence-corrected chi connectivity index (χ3v) is 5.80. The average Bonchev–Trinajstić information content (AvgIpc) is 2.63. The summed E-state index contributed by atoms with van der Waals surface area (Å²) in [5.74, 6) is 1.49. The number of nitrogens with zero attached hydrogens (tertiary/aromatic N) is 3. The Morgan fingerprint density at radius 3 is 2.61 bits per heavy atom. The molecule has 0 unspecified atom stereocenters. The van der Waals surface area contributed by atoms with E-state index < -0.39 is 5.60 Å². The second-order valence-corrected chi connectivity index (χ2v) is 9.22. The molecule has 1 saturated heterocycles. The molecular formula is C22H31N3O3. The van der Waals surface area contributed by atoms with Crippen LogP contribution in [0.3, 0.4) is 0 Å². The maximum Gasteiger partial charge on any atom is 0.410 e. The summed E-state index contributed by atoms with van der Waals surface area (Å²) in [5.41, 5.74) is 0.426. The molecule has 6 heteroatoms. The van der Waals surface area contributed by atoms with Gasteiger partial charge in [-0.05, 0) is 82.8 Å². The van der Waals surface area contributed by atoms with E-state index in [0.29, 0.717) is 17.7 Å². The minimum absolute atomic E-state index is 0.173. The fourth-order valence-electron chi connectivity index (χ4n) is 4.36. The summed E-state index contributed by atoms with van der Waals surface area (Å²) in [4.78, 5) is 18.1. The summed E-state index contributed by atoms with van der Waals surface area (Å²) in [5, 5.41) is 8.75. The molecule has 152 valence electrons. The van der Waals surface area contributed by atoms with E-state index >= 15 is 0 Å². The Labute approximate surface area is 167 Å². The van der Waals surface area contributed by atoms with Crippen LogP contribution in [-0.2, 0) is 4.74 Å². The Bertz CT molecular complexity index is 702. The molecule has 1 aliphatic heterocycles. The minimum Gasteiger partial charge on any atom is -0.492 e. The molecule has 1 amide bonds. The van der Waals surface area contributed by atoms with E-state index in [4.69, 9.17) is 14.7 Å². The van der Waals surface area contributed by atoms with Crippen LogP contribution in [-0.4, -0.2) is 41.3 Å². The monoisotopic (exact) mass is 385 g/mol. The Morgan fingerprint density at radius 2 is 2.04 bits per heavy atom. The van der Waals surface area contributed by atoms with E-state index in [1.807, 2.05) is 31.7 Å². The number of piperidine rings is 1. The molecule has 6 nitrogen and oxygen atoms in total. The molecule has 3 rings (SSSR count). The topological polar surface area (TPSA) is 75.4 Å². The molecule has 0 bridgehead atoms. The number of aromatic nitrogens is 1. The summed E-state index contributed by atoms with van der Waals surface area (Å²) < 4.78 is 11.2. The Kier molecular flexibility index (Phi) is 6.12. The van der Waals surface area contributed by atoms with Crippen molar-refractivity contribution in [3.05, 3.63) is 24.0 Å². The molecule has 2 heterocycles. The van der Waals surface area contributed by atoms with Crippen LogP contribution >= 0.6 is 0 Å². The first-order valence-electron chi connectivity index (χ1n) is 10.3. The number of pyridine rings is 1.